The number of rotatable bonds is 7. The molecule has 104 valence electrons. The minimum Gasteiger partial charge on any atom is -0.383 e. The highest BCUT2D eigenvalue weighted by molar-refractivity contribution is 6.31. The van der Waals surface area contributed by atoms with E-state index in [1.807, 2.05) is 18.2 Å². The predicted molar refractivity (Wildman–Crippen MR) is 72.8 cm³/mol. The Kier molecular flexibility index (Phi) is 6.92. The fourth-order valence-corrected chi connectivity index (χ4v) is 1.60. The molecule has 0 bridgehead atoms. The Balaban J connectivity index is 2.28. The summed E-state index contributed by atoms with van der Waals surface area (Å²) in [5.74, 6) is -0.663. The van der Waals surface area contributed by atoms with Gasteiger partial charge in [-0.2, -0.15) is 0 Å². The molecule has 0 atom stereocenters. The number of benzene rings is 1. The van der Waals surface area contributed by atoms with E-state index in [1.54, 1.807) is 13.2 Å². The number of amides is 2. The van der Waals surface area contributed by atoms with Gasteiger partial charge in [-0.3, -0.25) is 9.59 Å². The number of carbonyl (C=O) groups is 2. The average Bonchev–Trinajstić information content (AvgIpc) is 2.38. The zero-order valence-electron chi connectivity index (χ0n) is 10.7. The third kappa shape index (κ3) is 6.22. The standard InChI is InChI=1S/C13H17ClN2O3/c1-19-7-6-15-12(17)8-13(18)16-9-10-4-2-3-5-11(10)14/h2-5H,6-9H2,1H3,(H,15,17)(H,16,18). The summed E-state index contributed by atoms with van der Waals surface area (Å²) < 4.78 is 4.79. The third-order valence-electron chi connectivity index (χ3n) is 2.38. The summed E-state index contributed by atoms with van der Waals surface area (Å²) in [5, 5.41) is 5.81. The maximum absolute atomic E-state index is 11.5. The molecule has 1 rings (SSSR count). The van der Waals surface area contributed by atoms with Crippen molar-refractivity contribution < 1.29 is 14.3 Å². The fraction of sp³-hybridized carbons (Fsp3) is 0.385. The molecule has 0 saturated heterocycles. The molecular weight excluding hydrogens is 268 g/mol. The van der Waals surface area contributed by atoms with Gasteiger partial charge in [-0.1, -0.05) is 29.8 Å². The van der Waals surface area contributed by atoms with Gasteiger partial charge < -0.3 is 15.4 Å². The topological polar surface area (TPSA) is 67.4 Å². The third-order valence-corrected chi connectivity index (χ3v) is 2.75. The summed E-state index contributed by atoms with van der Waals surface area (Å²) in [5.41, 5.74) is 0.817. The van der Waals surface area contributed by atoms with Gasteiger partial charge in [-0.05, 0) is 11.6 Å². The second-order valence-corrected chi connectivity index (χ2v) is 4.29. The van der Waals surface area contributed by atoms with Crippen LogP contribution in [0.1, 0.15) is 12.0 Å². The van der Waals surface area contributed by atoms with E-state index in [9.17, 15) is 9.59 Å². The van der Waals surface area contributed by atoms with Crippen LogP contribution in [0.2, 0.25) is 5.02 Å². The number of carbonyl (C=O) groups excluding carboxylic acids is 2. The lowest BCUT2D eigenvalue weighted by atomic mass is 10.2. The normalized spacial score (nSPS) is 10.0. The molecule has 0 heterocycles. The van der Waals surface area contributed by atoms with E-state index in [-0.39, 0.29) is 18.2 Å². The molecule has 0 aliphatic carbocycles. The highest BCUT2D eigenvalue weighted by Crippen LogP contribution is 2.14. The zero-order chi connectivity index (χ0) is 14.1. The Morgan fingerprint density at radius 3 is 2.58 bits per heavy atom. The second kappa shape index (κ2) is 8.50. The molecule has 0 aliphatic heterocycles. The molecule has 1 aromatic rings. The second-order valence-electron chi connectivity index (χ2n) is 3.89. The monoisotopic (exact) mass is 284 g/mol. The zero-order valence-corrected chi connectivity index (χ0v) is 11.5. The molecule has 1 aromatic carbocycles. The number of hydrogen-bond donors (Lipinski definition) is 2. The first kappa shape index (κ1) is 15.5. The summed E-state index contributed by atoms with van der Waals surface area (Å²) >= 11 is 5.95. The predicted octanol–water partition coefficient (Wildman–Crippen LogP) is 1.11. The van der Waals surface area contributed by atoms with Crippen molar-refractivity contribution in [2.24, 2.45) is 0 Å². The van der Waals surface area contributed by atoms with Crippen molar-refractivity contribution in [2.45, 2.75) is 13.0 Å². The highest BCUT2D eigenvalue weighted by atomic mass is 35.5. The van der Waals surface area contributed by atoms with Crippen LogP contribution in [0, 0.1) is 0 Å². The van der Waals surface area contributed by atoms with Crippen LogP contribution in [0.4, 0.5) is 0 Å². The van der Waals surface area contributed by atoms with E-state index < -0.39 is 0 Å². The van der Waals surface area contributed by atoms with E-state index in [2.05, 4.69) is 10.6 Å². The van der Waals surface area contributed by atoms with E-state index in [1.165, 1.54) is 0 Å². The lowest BCUT2D eigenvalue weighted by molar-refractivity contribution is -0.129. The minimum atomic E-state index is -0.338. The maximum Gasteiger partial charge on any atom is 0.229 e. The molecule has 0 radical (unpaired) electrons. The van der Waals surface area contributed by atoms with Crippen LogP contribution in [0.25, 0.3) is 0 Å². The SMILES string of the molecule is COCCNC(=O)CC(=O)NCc1ccccc1Cl. The number of ether oxygens (including phenoxy) is 1. The molecular formula is C13H17ClN2O3. The smallest absolute Gasteiger partial charge is 0.229 e. The van der Waals surface area contributed by atoms with E-state index in [0.29, 0.717) is 24.7 Å². The first-order chi connectivity index (χ1) is 9.13. The molecule has 0 aliphatic rings. The summed E-state index contributed by atoms with van der Waals surface area (Å²) in [4.78, 5) is 22.9. The van der Waals surface area contributed by atoms with Crippen LogP contribution < -0.4 is 10.6 Å². The molecule has 2 amide bonds. The largest absolute Gasteiger partial charge is 0.383 e. The fourth-order valence-electron chi connectivity index (χ4n) is 1.40. The van der Waals surface area contributed by atoms with Gasteiger partial charge in [0.25, 0.3) is 0 Å². The Labute approximate surface area is 117 Å². The summed E-state index contributed by atoms with van der Waals surface area (Å²) in [6.07, 6.45) is -0.200. The number of hydrogen-bond acceptors (Lipinski definition) is 3. The lowest BCUT2D eigenvalue weighted by Gasteiger charge is -2.07. The van der Waals surface area contributed by atoms with Crippen LogP contribution in [-0.4, -0.2) is 32.1 Å². The summed E-state index contributed by atoms with van der Waals surface area (Å²) in [6.45, 7) is 1.13. The van der Waals surface area contributed by atoms with Gasteiger partial charge in [0.2, 0.25) is 11.8 Å². The Morgan fingerprint density at radius 1 is 1.21 bits per heavy atom. The Bertz CT molecular complexity index is 438. The summed E-state index contributed by atoms with van der Waals surface area (Å²) in [7, 11) is 1.54. The van der Waals surface area contributed by atoms with Crippen LogP contribution in [0.5, 0.6) is 0 Å². The van der Waals surface area contributed by atoms with Crippen molar-refractivity contribution in [3.8, 4) is 0 Å². The van der Waals surface area contributed by atoms with Crippen molar-refractivity contribution in [1.82, 2.24) is 10.6 Å². The van der Waals surface area contributed by atoms with Gasteiger partial charge in [0, 0.05) is 25.2 Å². The molecule has 0 aromatic heterocycles. The molecule has 5 nitrogen and oxygen atoms in total. The highest BCUT2D eigenvalue weighted by Gasteiger charge is 2.09. The Morgan fingerprint density at radius 2 is 1.89 bits per heavy atom. The van der Waals surface area contributed by atoms with Gasteiger partial charge in [0.15, 0.2) is 0 Å². The van der Waals surface area contributed by atoms with Crippen LogP contribution >= 0.6 is 11.6 Å². The van der Waals surface area contributed by atoms with Gasteiger partial charge >= 0.3 is 0 Å². The first-order valence-electron chi connectivity index (χ1n) is 5.89. The number of methoxy groups -OCH3 is 1. The lowest BCUT2D eigenvalue weighted by Crippen LogP contribution is -2.33. The minimum absolute atomic E-state index is 0.200. The molecule has 0 saturated carbocycles. The van der Waals surface area contributed by atoms with Gasteiger partial charge in [-0.25, -0.2) is 0 Å². The van der Waals surface area contributed by atoms with Crippen LogP contribution in [0.15, 0.2) is 24.3 Å². The van der Waals surface area contributed by atoms with E-state index in [4.69, 9.17) is 16.3 Å². The van der Waals surface area contributed by atoms with E-state index in [0.717, 1.165) is 5.56 Å². The van der Waals surface area contributed by atoms with Gasteiger partial charge in [0.05, 0.1) is 6.61 Å². The summed E-state index contributed by atoms with van der Waals surface area (Å²) in [6, 6.07) is 7.23. The van der Waals surface area contributed by atoms with Crippen molar-refractivity contribution in [1.29, 1.82) is 0 Å². The van der Waals surface area contributed by atoms with E-state index >= 15 is 0 Å². The van der Waals surface area contributed by atoms with Crippen LogP contribution in [0.3, 0.4) is 0 Å². The van der Waals surface area contributed by atoms with Crippen LogP contribution in [-0.2, 0) is 20.9 Å². The maximum atomic E-state index is 11.5. The van der Waals surface area contributed by atoms with Gasteiger partial charge in [-0.15, -0.1) is 0 Å². The molecule has 0 spiro atoms. The average molecular weight is 285 g/mol. The van der Waals surface area contributed by atoms with Crippen molar-refractivity contribution in [3.63, 3.8) is 0 Å². The van der Waals surface area contributed by atoms with Gasteiger partial charge in [0.1, 0.15) is 6.42 Å². The number of nitrogens with one attached hydrogen (secondary N) is 2. The Hall–Kier alpha value is -1.59. The van der Waals surface area contributed by atoms with Crippen molar-refractivity contribution in [2.75, 3.05) is 20.3 Å². The quantitative estimate of drug-likeness (QED) is 0.582. The van der Waals surface area contributed by atoms with Crippen molar-refractivity contribution >= 4 is 23.4 Å². The van der Waals surface area contributed by atoms with Crippen molar-refractivity contribution in [3.05, 3.63) is 34.9 Å². The molecule has 0 fully saturated rings. The molecule has 6 heteroatoms. The number of halogens is 1. The molecule has 0 unspecified atom stereocenters. The molecule has 2 N–H and O–H groups in total. The first-order valence-corrected chi connectivity index (χ1v) is 6.27. The molecule has 19 heavy (non-hydrogen) atoms.